The molecule has 3 N–H and O–H groups in total. The van der Waals surface area contributed by atoms with Crippen molar-refractivity contribution < 1.29 is 35.9 Å². The van der Waals surface area contributed by atoms with Gasteiger partial charge in [-0.15, -0.1) is 11.3 Å². The van der Waals surface area contributed by atoms with Crippen molar-refractivity contribution in [1.29, 1.82) is 0 Å². The number of rotatable bonds is 6. The Labute approximate surface area is 208 Å². The van der Waals surface area contributed by atoms with Crippen LogP contribution in [0.5, 0.6) is 0 Å². The largest absolute Gasteiger partial charge is 0.458 e. The Morgan fingerprint density at radius 3 is 2.30 bits per heavy atom. The van der Waals surface area contributed by atoms with Crippen molar-refractivity contribution in [2.75, 3.05) is 18.4 Å². The summed E-state index contributed by atoms with van der Waals surface area (Å²) in [5.74, 6) is -6.05. The van der Waals surface area contributed by atoms with Gasteiger partial charge in [-0.05, 0) is 18.6 Å². The minimum absolute atomic E-state index is 0.598. The lowest BCUT2D eigenvalue weighted by atomic mass is 10.2. The third-order valence-electron chi connectivity index (χ3n) is 4.70. The number of carbonyl (C=O) groups is 2. The minimum atomic E-state index is -5.77. The van der Waals surface area contributed by atoms with Crippen LogP contribution in [0.1, 0.15) is 5.69 Å². The Bertz CT molecular complexity index is 1420. The SMILES string of the molecule is Cc1cnc2c(NCCN=CN)nc3cc(-c4ccccc4)sc3n12.O=C(C(=O)C(F)(F)F)C(F)(F)F. The number of Topliss-reactive ketones (excluding diaryl/α,β-unsaturated/α-hetero) is 2. The van der Waals surface area contributed by atoms with Crippen molar-refractivity contribution in [3.63, 3.8) is 0 Å². The number of fused-ring (bicyclic) bond motifs is 3. The molecule has 0 amide bonds. The van der Waals surface area contributed by atoms with Gasteiger partial charge < -0.3 is 11.1 Å². The van der Waals surface area contributed by atoms with Gasteiger partial charge in [0.05, 0.1) is 12.9 Å². The number of hydrogen-bond donors (Lipinski definition) is 2. The van der Waals surface area contributed by atoms with Crippen LogP contribution in [-0.4, -0.2) is 57.7 Å². The van der Waals surface area contributed by atoms with E-state index in [2.05, 4.69) is 56.9 Å². The van der Waals surface area contributed by atoms with E-state index in [1.54, 1.807) is 11.3 Å². The maximum Gasteiger partial charge on any atom is 0.458 e. The summed E-state index contributed by atoms with van der Waals surface area (Å²) in [5, 5.41) is 3.32. The number of imidazole rings is 1. The van der Waals surface area contributed by atoms with Crippen LogP contribution in [0.2, 0.25) is 0 Å². The molecule has 4 rings (SSSR count). The quantitative estimate of drug-likeness (QED) is 0.121. The van der Waals surface area contributed by atoms with Crippen molar-refractivity contribution in [1.82, 2.24) is 14.4 Å². The molecule has 15 heteroatoms. The van der Waals surface area contributed by atoms with Crippen molar-refractivity contribution in [2.24, 2.45) is 10.7 Å². The maximum absolute atomic E-state index is 11.2. The van der Waals surface area contributed by atoms with Gasteiger partial charge in [0.2, 0.25) is 0 Å². The summed E-state index contributed by atoms with van der Waals surface area (Å²) < 4.78 is 69.1. The number of nitrogens with zero attached hydrogens (tertiary/aromatic N) is 4. The van der Waals surface area contributed by atoms with Crippen LogP contribution in [0.15, 0.2) is 47.6 Å². The van der Waals surface area contributed by atoms with E-state index in [1.807, 2.05) is 12.3 Å². The number of anilines is 1. The molecule has 196 valence electrons. The summed E-state index contributed by atoms with van der Waals surface area (Å²) >= 11 is 1.73. The normalized spacial score (nSPS) is 12.1. The summed E-state index contributed by atoms with van der Waals surface area (Å²) in [6.45, 7) is 3.31. The predicted octanol–water partition coefficient (Wildman–Crippen LogP) is 4.57. The van der Waals surface area contributed by atoms with Crippen molar-refractivity contribution >= 4 is 51.1 Å². The third-order valence-corrected chi connectivity index (χ3v) is 5.86. The van der Waals surface area contributed by atoms with Crippen LogP contribution < -0.4 is 11.1 Å². The molecule has 8 nitrogen and oxygen atoms in total. The van der Waals surface area contributed by atoms with E-state index >= 15 is 0 Å². The molecule has 0 aliphatic rings. The molecule has 0 atom stereocenters. The molecular weight excluding hydrogens is 526 g/mol. The molecule has 0 saturated carbocycles. The van der Waals surface area contributed by atoms with Gasteiger partial charge in [-0.1, -0.05) is 30.3 Å². The highest BCUT2D eigenvalue weighted by molar-refractivity contribution is 7.21. The molecule has 0 bridgehead atoms. The molecule has 0 spiro atoms. The van der Waals surface area contributed by atoms with Crippen LogP contribution in [0, 0.1) is 6.92 Å². The van der Waals surface area contributed by atoms with Crippen LogP contribution in [0.4, 0.5) is 32.2 Å². The third kappa shape index (κ3) is 6.41. The maximum atomic E-state index is 11.2. The Morgan fingerprint density at radius 2 is 1.73 bits per heavy atom. The highest BCUT2D eigenvalue weighted by Gasteiger charge is 2.54. The fourth-order valence-electron chi connectivity index (χ4n) is 3.08. The Morgan fingerprint density at radius 1 is 1.11 bits per heavy atom. The van der Waals surface area contributed by atoms with Crippen LogP contribution in [0.25, 0.3) is 26.4 Å². The first-order valence-corrected chi connectivity index (χ1v) is 11.2. The minimum Gasteiger partial charge on any atom is -0.390 e. The number of ketones is 2. The van der Waals surface area contributed by atoms with E-state index in [0.717, 1.165) is 27.5 Å². The number of nitrogens with two attached hydrogens (primary N) is 1. The van der Waals surface area contributed by atoms with Crippen LogP contribution >= 0.6 is 11.3 Å². The first-order chi connectivity index (χ1) is 17.3. The number of benzene rings is 1. The predicted molar refractivity (Wildman–Crippen MR) is 127 cm³/mol. The van der Waals surface area contributed by atoms with Gasteiger partial charge in [0.25, 0.3) is 0 Å². The Kier molecular flexibility index (Phi) is 8.15. The van der Waals surface area contributed by atoms with E-state index in [9.17, 15) is 35.9 Å². The topological polar surface area (TPSA) is 115 Å². The number of aryl methyl sites for hydroxylation is 1. The summed E-state index contributed by atoms with van der Waals surface area (Å²) in [5.41, 5.74) is 9.37. The first-order valence-electron chi connectivity index (χ1n) is 10.3. The molecular formula is C22H18F6N6O2S. The van der Waals surface area contributed by atoms with Crippen molar-refractivity contribution in [2.45, 2.75) is 19.3 Å². The lowest BCUT2D eigenvalue weighted by Crippen LogP contribution is -2.39. The standard InChI is InChI=1S/C18H18N6S.C4F6O2/c1-12-10-22-17-16(21-8-7-20-11-19)23-14-9-15(25-18(14)24(12)17)13-5-3-2-4-6-13;5-3(6,7)1(11)2(12)4(8,9)10/h2-6,9-11H,7-8H2,1H3,(H2,19,20)(H,21,23);. The summed E-state index contributed by atoms with van der Waals surface area (Å²) in [6, 6.07) is 12.5. The zero-order valence-corrected chi connectivity index (χ0v) is 19.7. The van der Waals surface area contributed by atoms with E-state index in [-0.39, 0.29) is 0 Å². The molecule has 0 aliphatic carbocycles. The van der Waals surface area contributed by atoms with E-state index in [0.29, 0.717) is 13.1 Å². The molecule has 3 heterocycles. The van der Waals surface area contributed by atoms with E-state index < -0.39 is 23.9 Å². The molecule has 3 aromatic heterocycles. The zero-order valence-electron chi connectivity index (χ0n) is 18.9. The summed E-state index contributed by atoms with van der Waals surface area (Å²) in [6.07, 6.45) is -8.35. The van der Waals surface area contributed by atoms with Crippen molar-refractivity contribution in [3.8, 4) is 10.4 Å². The number of halogens is 6. The number of aromatic nitrogens is 3. The van der Waals surface area contributed by atoms with Gasteiger partial charge in [0.1, 0.15) is 10.3 Å². The molecule has 0 fully saturated rings. The van der Waals surface area contributed by atoms with Crippen LogP contribution in [0.3, 0.4) is 0 Å². The van der Waals surface area contributed by atoms with Gasteiger partial charge in [-0.3, -0.25) is 19.0 Å². The van der Waals surface area contributed by atoms with Gasteiger partial charge >= 0.3 is 23.9 Å². The Balaban J connectivity index is 0.000000270. The number of aliphatic imine (C=N–C) groups is 1. The lowest BCUT2D eigenvalue weighted by molar-refractivity contribution is -0.193. The van der Waals surface area contributed by atoms with Crippen molar-refractivity contribution in [3.05, 3.63) is 48.3 Å². The van der Waals surface area contributed by atoms with Crippen LogP contribution in [-0.2, 0) is 9.59 Å². The number of nitrogens with one attached hydrogen (secondary N) is 1. The molecule has 0 radical (unpaired) electrons. The first kappa shape index (κ1) is 27.6. The van der Waals surface area contributed by atoms with Gasteiger partial charge in [0, 0.05) is 23.3 Å². The zero-order chi connectivity index (χ0) is 27.4. The fraction of sp³-hybridized carbons (Fsp3) is 0.227. The monoisotopic (exact) mass is 544 g/mol. The highest BCUT2D eigenvalue weighted by Crippen LogP contribution is 2.35. The van der Waals surface area contributed by atoms with Gasteiger partial charge in [-0.2, -0.15) is 26.3 Å². The highest BCUT2D eigenvalue weighted by atomic mass is 32.1. The molecule has 0 aliphatic heterocycles. The lowest BCUT2D eigenvalue weighted by Gasteiger charge is -2.07. The molecule has 1 aromatic carbocycles. The summed E-state index contributed by atoms with van der Waals surface area (Å²) in [7, 11) is 0. The average molecular weight is 544 g/mol. The smallest absolute Gasteiger partial charge is 0.390 e. The number of carbonyl (C=O) groups excluding carboxylic acids is 2. The Hall–Kier alpha value is -4.01. The average Bonchev–Trinajstić information content (AvgIpc) is 3.44. The fourth-order valence-corrected chi connectivity index (χ4v) is 4.24. The molecule has 37 heavy (non-hydrogen) atoms. The number of alkyl halides is 6. The molecule has 0 unspecified atom stereocenters. The molecule has 0 saturated heterocycles. The van der Waals surface area contributed by atoms with Gasteiger partial charge in [0.15, 0.2) is 11.5 Å². The van der Waals surface area contributed by atoms with E-state index in [1.165, 1.54) is 16.8 Å². The molecule has 4 aromatic rings. The second-order valence-electron chi connectivity index (χ2n) is 7.32. The van der Waals surface area contributed by atoms with E-state index in [4.69, 9.17) is 10.7 Å². The number of hydrogen-bond acceptors (Lipinski definition) is 7. The second-order valence-corrected chi connectivity index (χ2v) is 8.35. The van der Waals surface area contributed by atoms with Gasteiger partial charge in [-0.25, -0.2) is 9.97 Å². The second kappa shape index (κ2) is 10.9. The summed E-state index contributed by atoms with van der Waals surface area (Å²) in [4.78, 5) is 34.9. The number of thiophene rings is 1.